The van der Waals surface area contributed by atoms with Crippen LogP contribution in [0.4, 0.5) is 0 Å². The van der Waals surface area contributed by atoms with E-state index in [1.807, 2.05) is 0 Å². The molecule has 1 aliphatic carbocycles. The largest absolute Gasteiger partial charge is 0.346 e. The summed E-state index contributed by atoms with van der Waals surface area (Å²) in [6.45, 7) is 0. The number of aromatic nitrogens is 1. The van der Waals surface area contributed by atoms with Crippen LogP contribution in [0.15, 0.2) is 18.3 Å². The van der Waals surface area contributed by atoms with Gasteiger partial charge >= 0.3 is 0 Å². The zero-order valence-corrected chi connectivity index (χ0v) is 10.3. The Bertz CT molecular complexity index is 393. The van der Waals surface area contributed by atoms with Crippen LogP contribution >= 0.6 is 11.6 Å². The molecule has 2 rings (SSSR count). The summed E-state index contributed by atoms with van der Waals surface area (Å²) in [7, 11) is 0. The predicted molar refractivity (Wildman–Crippen MR) is 66.9 cm³/mol. The molecule has 1 aromatic heterocycles. The molecular formula is C12H16ClN3O. The monoisotopic (exact) mass is 253 g/mol. The van der Waals surface area contributed by atoms with Crippen molar-refractivity contribution in [3.63, 3.8) is 0 Å². The van der Waals surface area contributed by atoms with Crippen LogP contribution in [0.3, 0.4) is 0 Å². The number of carbonyl (C=O) groups excluding carboxylic acids is 1. The molecule has 1 saturated carbocycles. The number of rotatable bonds is 2. The number of nitrogens with zero attached hydrogens (tertiary/aromatic N) is 1. The van der Waals surface area contributed by atoms with Gasteiger partial charge in [0.05, 0.1) is 5.02 Å². The van der Waals surface area contributed by atoms with E-state index in [0.717, 1.165) is 25.7 Å². The van der Waals surface area contributed by atoms with Gasteiger partial charge in [0.2, 0.25) is 0 Å². The number of pyridine rings is 1. The van der Waals surface area contributed by atoms with Gasteiger partial charge in [-0.1, -0.05) is 24.4 Å². The molecule has 5 heteroatoms. The van der Waals surface area contributed by atoms with Crippen LogP contribution in [-0.4, -0.2) is 23.0 Å². The first-order chi connectivity index (χ1) is 8.16. The van der Waals surface area contributed by atoms with Crippen LogP contribution in [0.2, 0.25) is 5.02 Å². The highest BCUT2D eigenvalue weighted by molar-refractivity contribution is 6.30. The quantitative estimate of drug-likeness (QED) is 0.844. The van der Waals surface area contributed by atoms with Gasteiger partial charge in [-0.25, -0.2) is 4.98 Å². The second kappa shape index (κ2) is 5.47. The maximum atomic E-state index is 11.9. The summed E-state index contributed by atoms with van der Waals surface area (Å²) in [6, 6.07) is 3.39. The Hall–Kier alpha value is -1.13. The molecule has 1 aromatic rings. The Balaban J connectivity index is 1.98. The zero-order chi connectivity index (χ0) is 12.3. The lowest BCUT2D eigenvalue weighted by Crippen LogP contribution is -2.49. The number of halogens is 1. The van der Waals surface area contributed by atoms with Crippen molar-refractivity contribution in [1.82, 2.24) is 10.3 Å². The van der Waals surface area contributed by atoms with Crippen LogP contribution in [-0.2, 0) is 0 Å². The SMILES string of the molecule is N[C@@H]1CCCC[C@H]1NC(=O)c1ccc(Cl)cn1. The lowest BCUT2D eigenvalue weighted by atomic mass is 9.91. The Morgan fingerprint density at radius 3 is 2.82 bits per heavy atom. The fourth-order valence-corrected chi connectivity index (χ4v) is 2.20. The van der Waals surface area contributed by atoms with Crippen molar-refractivity contribution in [2.45, 2.75) is 37.8 Å². The molecule has 0 aliphatic heterocycles. The summed E-state index contributed by atoms with van der Waals surface area (Å²) in [5.74, 6) is -0.177. The van der Waals surface area contributed by atoms with E-state index >= 15 is 0 Å². The lowest BCUT2D eigenvalue weighted by molar-refractivity contribution is 0.0916. The van der Waals surface area contributed by atoms with Crippen molar-refractivity contribution in [3.8, 4) is 0 Å². The maximum Gasteiger partial charge on any atom is 0.270 e. The molecule has 1 amide bonds. The molecular weight excluding hydrogens is 238 g/mol. The molecule has 0 bridgehead atoms. The Kier molecular flexibility index (Phi) is 3.97. The molecule has 17 heavy (non-hydrogen) atoms. The van der Waals surface area contributed by atoms with E-state index in [9.17, 15) is 4.79 Å². The van der Waals surface area contributed by atoms with E-state index in [4.69, 9.17) is 17.3 Å². The van der Waals surface area contributed by atoms with Crippen molar-refractivity contribution in [1.29, 1.82) is 0 Å². The minimum Gasteiger partial charge on any atom is -0.346 e. The van der Waals surface area contributed by atoms with E-state index in [1.165, 1.54) is 6.20 Å². The molecule has 2 atom stereocenters. The van der Waals surface area contributed by atoms with Gasteiger partial charge in [-0.3, -0.25) is 4.79 Å². The third-order valence-corrected chi connectivity index (χ3v) is 3.32. The highest BCUT2D eigenvalue weighted by Gasteiger charge is 2.23. The minimum absolute atomic E-state index is 0.0556. The minimum atomic E-state index is -0.177. The Morgan fingerprint density at radius 1 is 1.41 bits per heavy atom. The van der Waals surface area contributed by atoms with Gasteiger partial charge in [-0.05, 0) is 25.0 Å². The van der Waals surface area contributed by atoms with Crippen molar-refractivity contribution in [3.05, 3.63) is 29.0 Å². The number of nitrogens with one attached hydrogen (secondary N) is 1. The number of hydrogen-bond donors (Lipinski definition) is 2. The lowest BCUT2D eigenvalue weighted by Gasteiger charge is -2.29. The van der Waals surface area contributed by atoms with E-state index in [1.54, 1.807) is 12.1 Å². The summed E-state index contributed by atoms with van der Waals surface area (Å²) < 4.78 is 0. The third kappa shape index (κ3) is 3.17. The topological polar surface area (TPSA) is 68.0 Å². The van der Waals surface area contributed by atoms with E-state index in [2.05, 4.69) is 10.3 Å². The van der Waals surface area contributed by atoms with Crippen LogP contribution < -0.4 is 11.1 Å². The first-order valence-corrected chi connectivity index (χ1v) is 6.22. The van der Waals surface area contributed by atoms with Gasteiger partial charge < -0.3 is 11.1 Å². The van der Waals surface area contributed by atoms with Crippen LogP contribution in [0, 0.1) is 0 Å². The summed E-state index contributed by atoms with van der Waals surface area (Å²) in [6.07, 6.45) is 5.65. The molecule has 1 aliphatic rings. The molecule has 1 fully saturated rings. The van der Waals surface area contributed by atoms with E-state index in [0.29, 0.717) is 10.7 Å². The number of hydrogen-bond acceptors (Lipinski definition) is 3. The zero-order valence-electron chi connectivity index (χ0n) is 9.53. The predicted octanol–water partition coefficient (Wildman–Crippen LogP) is 1.73. The smallest absolute Gasteiger partial charge is 0.270 e. The first-order valence-electron chi connectivity index (χ1n) is 5.85. The van der Waals surface area contributed by atoms with Crippen molar-refractivity contribution in [2.75, 3.05) is 0 Å². The maximum absolute atomic E-state index is 11.9. The van der Waals surface area contributed by atoms with Crippen molar-refractivity contribution < 1.29 is 4.79 Å². The number of carbonyl (C=O) groups is 1. The van der Waals surface area contributed by atoms with Gasteiger partial charge in [-0.2, -0.15) is 0 Å². The first kappa shape index (κ1) is 12.3. The van der Waals surface area contributed by atoms with Gasteiger partial charge in [0.15, 0.2) is 0 Å². The molecule has 0 saturated heterocycles. The molecule has 1 heterocycles. The molecule has 92 valence electrons. The highest BCUT2D eigenvalue weighted by Crippen LogP contribution is 2.17. The highest BCUT2D eigenvalue weighted by atomic mass is 35.5. The fraction of sp³-hybridized carbons (Fsp3) is 0.500. The average Bonchev–Trinajstić information content (AvgIpc) is 2.33. The molecule has 3 N–H and O–H groups in total. The van der Waals surface area contributed by atoms with Gasteiger partial charge in [0.25, 0.3) is 5.91 Å². The van der Waals surface area contributed by atoms with Gasteiger partial charge in [0.1, 0.15) is 5.69 Å². The molecule has 0 spiro atoms. The normalized spacial score (nSPS) is 24.4. The fourth-order valence-electron chi connectivity index (χ4n) is 2.09. The summed E-state index contributed by atoms with van der Waals surface area (Å²) >= 11 is 5.72. The van der Waals surface area contributed by atoms with Crippen LogP contribution in [0.25, 0.3) is 0 Å². The Labute approximate surface area is 106 Å². The summed E-state index contributed by atoms with van der Waals surface area (Å²) in [5.41, 5.74) is 6.35. The summed E-state index contributed by atoms with van der Waals surface area (Å²) in [4.78, 5) is 15.9. The third-order valence-electron chi connectivity index (χ3n) is 3.10. The van der Waals surface area contributed by atoms with Gasteiger partial charge in [0, 0.05) is 18.3 Å². The summed E-state index contributed by atoms with van der Waals surface area (Å²) in [5, 5.41) is 3.46. The van der Waals surface area contributed by atoms with E-state index in [-0.39, 0.29) is 18.0 Å². The van der Waals surface area contributed by atoms with E-state index < -0.39 is 0 Å². The van der Waals surface area contributed by atoms with Crippen LogP contribution in [0.1, 0.15) is 36.2 Å². The second-order valence-corrected chi connectivity index (χ2v) is 4.83. The second-order valence-electron chi connectivity index (χ2n) is 4.39. The number of nitrogens with two attached hydrogens (primary N) is 1. The molecule has 0 unspecified atom stereocenters. The van der Waals surface area contributed by atoms with Crippen LogP contribution in [0.5, 0.6) is 0 Å². The molecule has 0 aromatic carbocycles. The standard InChI is InChI=1S/C12H16ClN3O/c13-8-5-6-11(15-7-8)12(17)16-10-4-2-1-3-9(10)14/h5-7,9-10H,1-4,14H2,(H,16,17)/t9-,10-/m1/s1. The van der Waals surface area contributed by atoms with Crippen molar-refractivity contribution >= 4 is 17.5 Å². The molecule has 4 nitrogen and oxygen atoms in total. The van der Waals surface area contributed by atoms with Gasteiger partial charge in [-0.15, -0.1) is 0 Å². The molecule has 0 radical (unpaired) electrons. The van der Waals surface area contributed by atoms with Crippen molar-refractivity contribution in [2.24, 2.45) is 5.73 Å². The number of amides is 1. The Morgan fingerprint density at radius 2 is 2.18 bits per heavy atom. The average molecular weight is 254 g/mol.